The topological polar surface area (TPSA) is 224 Å². The van der Waals surface area contributed by atoms with Gasteiger partial charge in [0.25, 0.3) is 11.8 Å². The molecule has 2 saturated carbocycles. The molecule has 0 aromatic heterocycles. The number of unbranched alkanes of at least 4 members (excludes halogenated alkanes) is 2. The number of rotatable bonds is 17. The van der Waals surface area contributed by atoms with E-state index in [4.69, 9.17) is 34.4 Å². The lowest BCUT2D eigenvalue weighted by atomic mass is 10.00. The lowest BCUT2D eigenvalue weighted by Gasteiger charge is -2.32. The fraction of sp³-hybridized carbons (Fsp3) is 0.569. The van der Waals surface area contributed by atoms with Gasteiger partial charge in [-0.25, -0.2) is 9.69 Å². The van der Waals surface area contributed by atoms with Crippen LogP contribution in [0, 0.1) is 22.7 Å². The number of nitrogens with one attached hydrogen (secondary N) is 2. The second-order valence-electron chi connectivity index (χ2n) is 20.3. The number of carbonyl (C=O) groups excluding carboxylic acids is 5. The Morgan fingerprint density at radius 2 is 1.48 bits per heavy atom. The number of carbonyl (C=O) groups is 5. The number of nitrogens with zero attached hydrogens (tertiary/aromatic N) is 4. The summed E-state index contributed by atoms with van der Waals surface area (Å²) in [4.78, 5) is 76.8. The van der Waals surface area contributed by atoms with Gasteiger partial charge in [0.05, 0.1) is 74.7 Å². The van der Waals surface area contributed by atoms with Crippen molar-refractivity contribution in [2.75, 3.05) is 52.0 Å². The van der Waals surface area contributed by atoms with Crippen molar-refractivity contribution in [1.29, 1.82) is 0 Å². The smallest absolute Gasteiger partial charge is 0.416 e. The third kappa shape index (κ3) is 9.87. The van der Waals surface area contributed by atoms with Crippen molar-refractivity contribution < 1.29 is 52.8 Å². The van der Waals surface area contributed by atoms with Gasteiger partial charge < -0.3 is 55.0 Å². The summed E-state index contributed by atoms with van der Waals surface area (Å²) >= 11 is 0. The molecular formula is C51H65N7O11. The summed E-state index contributed by atoms with van der Waals surface area (Å²) < 4.78 is 29.7. The predicted molar refractivity (Wildman–Crippen MR) is 255 cm³/mol. The van der Waals surface area contributed by atoms with Crippen molar-refractivity contribution >= 4 is 47.3 Å². The van der Waals surface area contributed by atoms with Crippen LogP contribution >= 0.6 is 0 Å². The summed E-state index contributed by atoms with van der Waals surface area (Å²) in [6.45, 7) is 7.14. The van der Waals surface area contributed by atoms with Gasteiger partial charge in [-0.05, 0) is 106 Å². The summed E-state index contributed by atoms with van der Waals surface area (Å²) in [6, 6.07) is 4.48. The summed E-state index contributed by atoms with van der Waals surface area (Å²) in [5.74, 6) is 0.156. The molecule has 0 radical (unpaired) electrons. The summed E-state index contributed by atoms with van der Waals surface area (Å²) in [6.07, 6.45) is 13.3. The van der Waals surface area contributed by atoms with E-state index in [1.165, 1.54) is 12.0 Å². The van der Waals surface area contributed by atoms with E-state index in [1.54, 1.807) is 49.3 Å². The number of aliphatic hydroxyl groups excluding tert-OH is 1. The number of benzene rings is 2. The molecule has 18 nitrogen and oxygen atoms in total. The van der Waals surface area contributed by atoms with Gasteiger partial charge in [0.15, 0.2) is 29.2 Å². The number of ether oxygens (including phenoxy) is 5. The molecule has 2 spiro atoms. The average Bonchev–Trinajstić information content (AvgIpc) is 4.22. The minimum absolute atomic E-state index is 0.00948. The number of allylic oxidation sites excluding steroid dienone is 2. The Labute approximate surface area is 402 Å². The number of anilines is 1. The Bertz CT molecular complexity index is 2460. The van der Waals surface area contributed by atoms with Gasteiger partial charge in [-0.2, -0.15) is 0 Å². The van der Waals surface area contributed by atoms with Crippen LogP contribution in [0.15, 0.2) is 53.2 Å². The maximum absolute atomic E-state index is 14.3. The molecule has 4 heterocycles. The molecule has 5 N–H and O–H groups in total. The zero-order valence-corrected chi connectivity index (χ0v) is 40.2. The molecule has 0 bridgehead atoms. The molecule has 4 fully saturated rings. The van der Waals surface area contributed by atoms with Crippen molar-refractivity contribution in [1.82, 2.24) is 20.4 Å². The number of aliphatic hydroxyl groups is 1. The summed E-state index contributed by atoms with van der Waals surface area (Å²) in [5, 5.41) is 17.5. The highest BCUT2D eigenvalue weighted by atomic mass is 16.6. The zero-order chi connectivity index (χ0) is 48.8. The quantitative estimate of drug-likeness (QED) is 0.147. The van der Waals surface area contributed by atoms with Gasteiger partial charge in [0, 0.05) is 43.1 Å². The van der Waals surface area contributed by atoms with E-state index in [-0.39, 0.29) is 65.0 Å². The Hall–Kier alpha value is -6.14. The highest BCUT2D eigenvalue weighted by Crippen LogP contribution is 2.57. The van der Waals surface area contributed by atoms with Gasteiger partial charge in [-0.1, -0.05) is 26.0 Å². The molecule has 5 amide bonds. The molecule has 370 valence electrons. The van der Waals surface area contributed by atoms with Crippen LogP contribution in [0.5, 0.6) is 23.0 Å². The van der Waals surface area contributed by atoms with E-state index < -0.39 is 42.3 Å². The van der Waals surface area contributed by atoms with E-state index in [2.05, 4.69) is 10.6 Å². The highest BCUT2D eigenvalue weighted by molar-refractivity contribution is 6.06. The number of amides is 5. The van der Waals surface area contributed by atoms with Crippen LogP contribution in [0.3, 0.4) is 0 Å². The predicted octanol–water partition coefficient (Wildman–Crippen LogP) is 5.38. The minimum atomic E-state index is -1.39. The number of fused-ring (bicyclic) bond motifs is 4. The number of nitrogens with two attached hydrogens (primary N) is 1. The van der Waals surface area contributed by atoms with Gasteiger partial charge >= 0.3 is 6.09 Å². The Kier molecular flexibility index (Phi) is 13.4. The van der Waals surface area contributed by atoms with E-state index in [9.17, 15) is 29.1 Å². The first kappa shape index (κ1) is 47.9. The number of methoxy groups -OCH3 is 2. The van der Waals surface area contributed by atoms with E-state index >= 15 is 0 Å². The van der Waals surface area contributed by atoms with E-state index in [0.29, 0.717) is 78.8 Å². The van der Waals surface area contributed by atoms with Gasteiger partial charge in [0.2, 0.25) is 11.8 Å². The third-order valence-electron chi connectivity index (χ3n) is 15.0. The lowest BCUT2D eigenvalue weighted by molar-refractivity contribution is -0.129. The molecule has 7 aliphatic rings. The van der Waals surface area contributed by atoms with Crippen LogP contribution in [-0.2, 0) is 14.3 Å². The van der Waals surface area contributed by atoms with Crippen LogP contribution in [0.2, 0.25) is 0 Å². The van der Waals surface area contributed by atoms with Crippen molar-refractivity contribution in [3.8, 4) is 23.0 Å². The molecular weight excluding hydrogens is 887 g/mol. The normalized spacial score (nSPS) is 24.1. The Balaban J connectivity index is 0.811. The van der Waals surface area contributed by atoms with Crippen LogP contribution in [-0.4, -0.2) is 128 Å². The molecule has 2 aromatic carbocycles. The second kappa shape index (κ2) is 19.3. The zero-order valence-electron chi connectivity index (χ0n) is 40.2. The van der Waals surface area contributed by atoms with Gasteiger partial charge in [-0.15, -0.1) is 0 Å². The number of hydrogen-bond donors (Lipinski definition) is 4. The Morgan fingerprint density at radius 1 is 0.841 bits per heavy atom. The maximum atomic E-state index is 14.3. The molecule has 3 aliphatic carbocycles. The fourth-order valence-corrected chi connectivity index (χ4v) is 10.2. The molecule has 18 heteroatoms. The SMILES string of the molecule is COc1cc2c(cc1OCCCCCOc1cc3c(cc1OC)C(=O)N1CC4(CC4)C[C@H]1C(O)N3C(=O)OCC1C=CC(NC(=O)[C@H](C)NC(=O)[C@@H](N)C(C)C)=CC1)N=C[C@@H]1CC3(CC3)CN1C2=O. The van der Waals surface area contributed by atoms with Crippen LogP contribution < -0.4 is 40.2 Å². The highest BCUT2D eigenvalue weighted by Gasteiger charge is 2.58. The summed E-state index contributed by atoms with van der Waals surface area (Å²) in [7, 11) is 3.05. The molecule has 69 heavy (non-hydrogen) atoms. The standard InChI is InChI=1S/C51H65N7O11/c1-29(2)43(52)45(60)54-30(3)44(59)55-32-11-9-31(10-12-32)26-69-49(64)58-37-22-42(40(66-5)20-35(37)47(62)57-28-51(15-16-51)24-38(57)48(58)63)68-18-8-6-7-17-67-41-21-36-34(19-39(41)65-4)46(61)56-27-50(13-14-50)23-33(56)25-53-36/h9,11-12,19-22,25,29-31,33,38,43,48,63H,6-8,10,13-18,23-24,26-28,52H2,1-5H3,(H,54,60)(H,55,59)/t30-,31?,33-,38-,43-,48?/m0/s1. The first-order valence-corrected chi connectivity index (χ1v) is 24.4. The number of aliphatic imine (C=N–C) groups is 1. The summed E-state index contributed by atoms with van der Waals surface area (Å²) in [5.41, 5.74) is 8.12. The first-order chi connectivity index (χ1) is 33.1. The minimum Gasteiger partial charge on any atom is -0.493 e. The molecule has 2 saturated heterocycles. The molecule has 6 atom stereocenters. The van der Waals surface area contributed by atoms with E-state index in [0.717, 1.165) is 45.1 Å². The first-order valence-electron chi connectivity index (χ1n) is 24.4. The van der Waals surface area contributed by atoms with Crippen molar-refractivity contribution in [3.63, 3.8) is 0 Å². The molecule has 2 aromatic rings. The van der Waals surface area contributed by atoms with Crippen molar-refractivity contribution in [2.24, 2.45) is 33.4 Å². The largest absolute Gasteiger partial charge is 0.493 e. The van der Waals surface area contributed by atoms with Gasteiger partial charge in [-0.3, -0.25) is 24.2 Å². The molecule has 2 unspecified atom stereocenters. The van der Waals surface area contributed by atoms with E-state index in [1.807, 2.05) is 37.1 Å². The Morgan fingerprint density at radius 3 is 2.12 bits per heavy atom. The van der Waals surface area contributed by atoms with Crippen LogP contribution in [0.1, 0.15) is 106 Å². The van der Waals surface area contributed by atoms with Gasteiger partial charge in [0.1, 0.15) is 6.04 Å². The molecule has 9 rings (SSSR count). The number of hydrogen-bond acceptors (Lipinski definition) is 13. The second-order valence-corrected chi connectivity index (χ2v) is 20.3. The van der Waals surface area contributed by atoms with Crippen molar-refractivity contribution in [2.45, 2.75) is 115 Å². The fourth-order valence-electron chi connectivity index (χ4n) is 10.2. The van der Waals surface area contributed by atoms with Crippen molar-refractivity contribution in [3.05, 3.63) is 59.3 Å². The van der Waals surface area contributed by atoms with Crippen LogP contribution in [0.25, 0.3) is 0 Å². The molecule has 4 aliphatic heterocycles. The average molecular weight is 952 g/mol. The lowest BCUT2D eigenvalue weighted by Crippen LogP contribution is -2.51. The van der Waals surface area contributed by atoms with Crippen LogP contribution in [0.4, 0.5) is 16.2 Å². The maximum Gasteiger partial charge on any atom is 0.416 e. The monoisotopic (exact) mass is 951 g/mol. The third-order valence-corrected chi connectivity index (χ3v) is 15.0.